The summed E-state index contributed by atoms with van der Waals surface area (Å²) in [5, 5.41) is 3.70. The number of ether oxygens (including phenoxy) is 1. The first kappa shape index (κ1) is 13.2. The fraction of sp³-hybridized carbons (Fsp3) is 0.500. The Morgan fingerprint density at radius 2 is 1.94 bits per heavy atom. The van der Waals surface area contributed by atoms with E-state index in [1.54, 1.807) is 12.1 Å². The molecule has 0 aromatic heterocycles. The lowest BCUT2D eigenvalue weighted by Gasteiger charge is -2.11. The summed E-state index contributed by atoms with van der Waals surface area (Å²) in [5.41, 5.74) is 0.872. The fourth-order valence-corrected chi connectivity index (χ4v) is 2.31. The molecule has 0 bridgehead atoms. The molecule has 0 atom stereocenters. The maximum atomic E-state index is 11.5. The molecule has 0 aliphatic heterocycles. The maximum Gasteiger partial charge on any atom is 0.325 e. The van der Waals surface area contributed by atoms with Gasteiger partial charge in [0.15, 0.2) is 0 Å². The Morgan fingerprint density at radius 3 is 2.61 bits per heavy atom. The Balaban J connectivity index is 1.66. The van der Waals surface area contributed by atoms with Gasteiger partial charge in [-0.05, 0) is 43.0 Å². The molecule has 18 heavy (non-hydrogen) atoms. The Bertz CT molecular complexity index is 385. The average Bonchev–Trinajstić information content (AvgIpc) is 2.89. The van der Waals surface area contributed by atoms with Crippen LogP contribution in [0.15, 0.2) is 24.3 Å². The number of rotatable bonds is 5. The van der Waals surface area contributed by atoms with Crippen LogP contribution in [-0.2, 0) is 9.53 Å². The molecule has 1 saturated carbocycles. The summed E-state index contributed by atoms with van der Waals surface area (Å²) in [7, 11) is 0. The van der Waals surface area contributed by atoms with E-state index in [1.807, 2.05) is 12.1 Å². The van der Waals surface area contributed by atoms with Gasteiger partial charge >= 0.3 is 5.97 Å². The molecule has 0 spiro atoms. The highest BCUT2D eigenvalue weighted by Crippen LogP contribution is 2.24. The van der Waals surface area contributed by atoms with Gasteiger partial charge in [0.2, 0.25) is 0 Å². The molecule has 4 heteroatoms. The van der Waals surface area contributed by atoms with Crippen LogP contribution in [0.5, 0.6) is 0 Å². The Morgan fingerprint density at radius 1 is 1.28 bits per heavy atom. The number of nitrogens with one attached hydrogen (secondary N) is 1. The molecule has 1 aromatic rings. The lowest BCUT2D eigenvalue weighted by atomic mass is 10.1. The first-order valence-corrected chi connectivity index (χ1v) is 6.77. The summed E-state index contributed by atoms with van der Waals surface area (Å²) < 4.78 is 5.24. The van der Waals surface area contributed by atoms with Gasteiger partial charge in [0.05, 0.1) is 6.61 Å². The molecule has 1 aliphatic rings. The zero-order valence-corrected chi connectivity index (χ0v) is 11.1. The van der Waals surface area contributed by atoms with Gasteiger partial charge in [-0.2, -0.15) is 0 Å². The molecular weight excluding hydrogens is 250 g/mol. The smallest absolute Gasteiger partial charge is 0.325 e. The van der Waals surface area contributed by atoms with E-state index in [4.69, 9.17) is 16.3 Å². The minimum atomic E-state index is -0.197. The van der Waals surface area contributed by atoms with Crippen LogP contribution in [0.3, 0.4) is 0 Å². The van der Waals surface area contributed by atoms with Crippen LogP contribution in [-0.4, -0.2) is 19.1 Å². The third-order valence-corrected chi connectivity index (χ3v) is 3.49. The molecule has 0 saturated heterocycles. The number of hydrogen-bond donors (Lipinski definition) is 1. The van der Waals surface area contributed by atoms with Gasteiger partial charge in [0, 0.05) is 10.7 Å². The highest BCUT2D eigenvalue weighted by atomic mass is 35.5. The predicted molar refractivity (Wildman–Crippen MR) is 72.9 cm³/mol. The lowest BCUT2D eigenvalue weighted by molar-refractivity contribution is -0.142. The van der Waals surface area contributed by atoms with E-state index in [2.05, 4.69) is 5.32 Å². The van der Waals surface area contributed by atoms with Gasteiger partial charge in [-0.15, -0.1) is 0 Å². The van der Waals surface area contributed by atoms with Gasteiger partial charge in [0.1, 0.15) is 6.54 Å². The second-order valence-corrected chi connectivity index (χ2v) is 5.13. The van der Waals surface area contributed by atoms with Crippen molar-refractivity contribution in [3.63, 3.8) is 0 Å². The molecule has 0 radical (unpaired) electrons. The summed E-state index contributed by atoms with van der Waals surface area (Å²) in [6.45, 7) is 0.773. The molecule has 1 fully saturated rings. The second-order valence-electron chi connectivity index (χ2n) is 4.69. The van der Waals surface area contributed by atoms with Crippen LogP contribution in [0.1, 0.15) is 25.7 Å². The Kier molecular flexibility index (Phi) is 4.88. The number of halogens is 1. The summed E-state index contributed by atoms with van der Waals surface area (Å²) in [6, 6.07) is 7.25. The monoisotopic (exact) mass is 267 g/mol. The minimum absolute atomic E-state index is 0.197. The SMILES string of the molecule is O=C(CNc1ccc(Cl)cc1)OCC1CCCC1. The topological polar surface area (TPSA) is 38.3 Å². The standard InChI is InChI=1S/C14H18ClNO2/c15-12-5-7-13(8-6-12)16-9-14(17)18-10-11-3-1-2-4-11/h5-8,11,16H,1-4,9-10H2. The molecule has 1 aliphatic carbocycles. The first-order chi connectivity index (χ1) is 8.74. The first-order valence-electron chi connectivity index (χ1n) is 6.39. The van der Waals surface area contributed by atoms with E-state index in [0.717, 1.165) is 5.69 Å². The van der Waals surface area contributed by atoms with E-state index in [1.165, 1.54) is 25.7 Å². The van der Waals surface area contributed by atoms with Crippen LogP contribution in [0.2, 0.25) is 5.02 Å². The van der Waals surface area contributed by atoms with Gasteiger partial charge in [0.25, 0.3) is 0 Å². The van der Waals surface area contributed by atoms with Gasteiger partial charge in [-0.3, -0.25) is 4.79 Å². The van der Waals surface area contributed by atoms with Crippen LogP contribution >= 0.6 is 11.6 Å². The summed E-state index contributed by atoms with van der Waals surface area (Å²) >= 11 is 5.78. The van der Waals surface area contributed by atoms with E-state index in [0.29, 0.717) is 17.5 Å². The summed E-state index contributed by atoms with van der Waals surface area (Å²) in [5.74, 6) is 0.376. The van der Waals surface area contributed by atoms with Crippen molar-refractivity contribution in [2.24, 2.45) is 5.92 Å². The number of carbonyl (C=O) groups is 1. The summed E-state index contributed by atoms with van der Waals surface area (Å²) in [6.07, 6.45) is 4.92. The number of carbonyl (C=O) groups excluding carboxylic acids is 1. The quantitative estimate of drug-likeness (QED) is 0.830. The van der Waals surface area contributed by atoms with Gasteiger partial charge in [-0.25, -0.2) is 0 Å². The molecule has 0 heterocycles. The van der Waals surface area contributed by atoms with E-state index in [-0.39, 0.29) is 12.5 Å². The maximum absolute atomic E-state index is 11.5. The van der Waals surface area contributed by atoms with Crippen LogP contribution in [0, 0.1) is 5.92 Å². The molecule has 2 rings (SSSR count). The van der Waals surface area contributed by atoms with Crippen molar-refractivity contribution in [2.75, 3.05) is 18.5 Å². The zero-order chi connectivity index (χ0) is 12.8. The highest BCUT2D eigenvalue weighted by molar-refractivity contribution is 6.30. The third kappa shape index (κ3) is 4.22. The van der Waals surface area contributed by atoms with Crippen molar-refractivity contribution >= 4 is 23.3 Å². The third-order valence-electron chi connectivity index (χ3n) is 3.24. The minimum Gasteiger partial charge on any atom is -0.464 e. The molecule has 0 amide bonds. The van der Waals surface area contributed by atoms with Crippen LogP contribution in [0.25, 0.3) is 0 Å². The van der Waals surface area contributed by atoms with Gasteiger partial charge in [-0.1, -0.05) is 24.4 Å². The predicted octanol–water partition coefficient (Wildman–Crippen LogP) is 3.49. The molecule has 1 aromatic carbocycles. The molecule has 0 unspecified atom stereocenters. The number of esters is 1. The van der Waals surface area contributed by atoms with Crippen molar-refractivity contribution in [1.82, 2.24) is 0 Å². The number of benzene rings is 1. The van der Waals surface area contributed by atoms with Crippen molar-refractivity contribution in [3.05, 3.63) is 29.3 Å². The number of anilines is 1. The Hall–Kier alpha value is -1.22. The van der Waals surface area contributed by atoms with Crippen molar-refractivity contribution in [2.45, 2.75) is 25.7 Å². The average molecular weight is 268 g/mol. The van der Waals surface area contributed by atoms with Crippen LogP contribution < -0.4 is 5.32 Å². The largest absolute Gasteiger partial charge is 0.464 e. The molecule has 98 valence electrons. The van der Waals surface area contributed by atoms with Crippen molar-refractivity contribution in [3.8, 4) is 0 Å². The zero-order valence-electron chi connectivity index (χ0n) is 10.3. The Labute approximate surface area is 112 Å². The van der Waals surface area contributed by atoms with Crippen molar-refractivity contribution in [1.29, 1.82) is 0 Å². The molecule has 1 N–H and O–H groups in total. The van der Waals surface area contributed by atoms with E-state index >= 15 is 0 Å². The lowest BCUT2D eigenvalue weighted by Crippen LogP contribution is -2.19. The fourth-order valence-electron chi connectivity index (χ4n) is 2.18. The summed E-state index contributed by atoms with van der Waals surface area (Å²) in [4.78, 5) is 11.5. The van der Waals surface area contributed by atoms with E-state index < -0.39 is 0 Å². The van der Waals surface area contributed by atoms with Crippen LogP contribution in [0.4, 0.5) is 5.69 Å². The van der Waals surface area contributed by atoms with E-state index in [9.17, 15) is 4.79 Å². The van der Waals surface area contributed by atoms with Crippen molar-refractivity contribution < 1.29 is 9.53 Å². The highest BCUT2D eigenvalue weighted by Gasteiger charge is 2.16. The normalized spacial score (nSPS) is 15.6. The number of hydrogen-bond acceptors (Lipinski definition) is 3. The van der Waals surface area contributed by atoms with Gasteiger partial charge < -0.3 is 10.1 Å². The second kappa shape index (κ2) is 6.64. The molecular formula is C14H18ClNO2. The molecule has 3 nitrogen and oxygen atoms in total.